The maximum Gasteiger partial charge on any atom is 0.267 e. The van der Waals surface area contributed by atoms with Gasteiger partial charge in [-0.2, -0.15) is 0 Å². The van der Waals surface area contributed by atoms with Crippen LogP contribution in [-0.4, -0.2) is 82.7 Å². The van der Waals surface area contributed by atoms with E-state index in [-0.39, 0.29) is 80.2 Å². The monoisotopic (exact) mass is 1390 g/mol. The molecule has 2 aliphatic carbocycles. The average Bonchev–Trinajstić information content (AvgIpc) is 4.13. The summed E-state index contributed by atoms with van der Waals surface area (Å²) >= 11 is 6.54. The van der Waals surface area contributed by atoms with Gasteiger partial charge in [0.2, 0.25) is 0 Å². The van der Waals surface area contributed by atoms with Gasteiger partial charge in [-0.1, -0.05) is 29.8 Å². The fourth-order valence-corrected chi connectivity index (χ4v) is 9.13. The van der Waals surface area contributed by atoms with E-state index < -0.39 is 0 Å². The van der Waals surface area contributed by atoms with Gasteiger partial charge in [-0.15, -0.1) is 20.4 Å². The molecule has 0 radical (unpaired) electrons. The summed E-state index contributed by atoms with van der Waals surface area (Å²) in [6.45, 7) is 8.20. The van der Waals surface area contributed by atoms with E-state index in [2.05, 4.69) is 70.3 Å². The Hall–Kier alpha value is -7.46. The Labute approximate surface area is 477 Å². The second kappa shape index (κ2) is 23.0. The molecule has 0 unspecified atom stereocenters. The van der Waals surface area contributed by atoms with E-state index in [1.807, 2.05) is 99.4 Å². The molecule has 2 saturated carbocycles. The van der Waals surface area contributed by atoms with E-state index in [4.69, 9.17) is 16.6 Å². The van der Waals surface area contributed by atoms with E-state index in [1.54, 1.807) is 49.4 Å². The molecule has 9 aromatic heterocycles. The van der Waals surface area contributed by atoms with Gasteiger partial charge < -0.3 is 33.1 Å². The first-order valence-electron chi connectivity index (χ1n) is 24.1. The molecule has 0 bridgehead atoms. The predicted molar refractivity (Wildman–Crippen MR) is 288 cm³/mol. The molecule has 0 saturated heterocycles. The van der Waals surface area contributed by atoms with Gasteiger partial charge in [0.15, 0.2) is 11.6 Å². The van der Waals surface area contributed by atoms with Crippen LogP contribution in [0.2, 0.25) is 5.02 Å². The van der Waals surface area contributed by atoms with Gasteiger partial charge >= 0.3 is 0 Å². The number of nitrogens with zero attached hydrogens (tertiary/aromatic N) is 17. The molecule has 2 aliphatic rings. The smallest absolute Gasteiger partial charge is 0.267 e. The van der Waals surface area contributed by atoms with Gasteiger partial charge in [0.25, 0.3) is 11.1 Å². The van der Waals surface area contributed by atoms with Crippen molar-refractivity contribution in [1.29, 1.82) is 0 Å². The summed E-state index contributed by atoms with van der Waals surface area (Å²) in [4.78, 5) is 59.4. The third kappa shape index (κ3) is 10.9. The second-order valence-electron chi connectivity index (χ2n) is 18.8. The summed E-state index contributed by atoms with van der Waals surface area (Å²) < 4.78 is 10.6. The Bertz CT molecular complexity index is 4000. The fraction of sp³-hybridized carbons (Fsp3) is 0.218. The minimum absolute atomic E-state index is 0. The van der Waals surface area contributed by atoms with Crippen LogP contribution in [0.4, 0.5) is 0 Å². The molecule has 0 atom stereocenters. The number of aromatic nitrogens is 17. The summed E-state index contributed by atoms with van der Waals surface area (Å²) in [6.07, 6.45) is 22.2. The summed E-state index contributed by atoms with van der Waals surface area (Å²) in [5.74, 6) is 3.24. The number of benzene rings is 2. The molecule has 0 aliphatic heterocycles. The number of hydrogen-bond acceptors (Lipinski definition) is 13. The van der Waals surface area contributed by atoms with Crippen LogP contribution in [0.5, 0.6) is 0 Å². The first kappa shape index (κ1) is 55.8. The van der Waals surface area contributed by atoms with E-state index in [9.17, 15) is 9.59 Å². The van der Waals surface area contributed by atoms with Crippen LogP contribution < -0.4 is 11.1 Å². The molecule has 13 rings (SSSR count). The summed E-state index contributed by atoms with van der Waals surface area (Å²) in [7, 11) is 0. The number of imidazole rings is 2. The molecular formula is C55H52ClN17O2W2-2. The summed E-state index contributed by atoms with van der Waals surface area (Å²) in [5, 5.41) is 18.0. The zero-order valence-electron chi connectivity index (χ0n) is 43.0. The molecule has 77 heavy (non-hydrogen) atoms. The molecule has 11 aromatic rings. The largest absolute Gasteiger partial charge is 0.358 e. The van der Waals surface area contributed by atoms with E-state index in [1.165, 1.54) is 34.6 Å². The van der Waals surface area contributed by atoms with Crippen LogP contribution in [0.1, 0.15) is 88.7 Å². The zero-order chi connectivity index (χ0) is 49.9. The van der Waals surface area contributed by atoms with Crippen molar-refractivity contribution in [2.24, 2.45) is 0 Å². The number of pyridine rings is 3. The van der Waals surface area contributed by atoms with Crippen LogP contribution in [0, 0.1) is 14.9 Å². The minimum atomic E-state index is -0.236. The van der Waals surface area contributed by atoms with Crippen LogP contribution >= 0.6 is 11.6 Å². The van der Waals surface area contributed by atoms with Crippen molar-refractivity contribution in [2.45, 2.75) is 77.3 Å². The van der Waals surface area contributed by atoms with Crippen molar-refractivity contribution in [2.75, 3.05) is 0 Å². The predicted octanol–water partition coefficient (Wildman–Crippen LogP) is 9.98. The molecule has 22 heteroatoms. The molecule has 9 heterocycles. The van der Waals surface area contributed by atoms with E-state index in [0.29, 0.717) is 79.0 Å². The van der Waals surface area contributed by atoms with E-state index in [0.717, 1.165) is 41.0 Å². The van der Waals surface area contributed by atoms with Crippen molar-refractivity contribution < 1.29 is 42.1 Å². The van der Waals surface area contributed by atoms with Crippen molar-refractivity contribution in [3.8, 4) is 57.2 Å². The topological polar surface area (TPSA) is 206 Å². The Morgan fingerprint density at radius 2 is 1.06 bits per heavy atom. The molecule has 0 amide bonds. The van der Waals surface area contributed by atoms with Gasteiger partial charge in [-0.3, -0.25) is 23.7 Å². The molecule has 19 nitrogen and oxygen atoms in total. The number of fused-ring (bicyclic) bond motifs is 2. The maximum absolute atomic E-state index is 13.9. The van der Waals surface area contributed by atoms with Crippen molar-refractivity contribution in [1.82, 2.24) is 82.7 Å². The summed E-state index contributed by atoms with van der Waals surface area (Å²) in [6, 6.07) is 22.5. The first-order chi connectivity index (χ1) is 35.6. The first-order valence-corrected chi connectivity index (χ1v) is 24.4. The third-order valence-corrected chi connectivity index (χ3v) is 13.4. The third-order valence-electron chi connectivity index (χ3n) is 13.1. The maximum atomic E-state index is 13.9. The molecular weight excluding hydrogens is 1330 g/mol. The Kier molecular flexibility index (Phi) is 16.7. The molecule has 390 valence electrons. The van der Waals surface area contributed by atoms with Crippen LogP contribution in [-0.2, 0) is 42.1 Å². The van der Waals surface area contributed by atoms with Crippen molar-refractivity contribution >= 4 is 33.4 Å². The van der Waals surface area contributed by atoms with Crippen molar-refractivity contribution in [3.05, 3.63) is 188 Å². The fourth-order valence-electron chi connectivity index (χ4n) is 8.87. The van der Waals surface area contributed by atoms with Gasteiger partial charge in [-0.25, -0.2) is 29.9 Å². The molecule has 0 N–H and O–H groups in total. The number of halogens is 1. The average molecular weight is 1390 g/mol. The Balaban J connectivity index is 0.000000195. The molecule has 2 aromatic carbocycles. The van der Waals surface area contributed by atoms with Crippen LogP contribution in [0.25, 0.3) is 79.0 Å². The Morgan fingerprint density at radius 1 is 0.571 bits per heavy atom. The number of hydrogen-bond donors (Lipinski definition) is 0. The van der Waals surface area contributed by atoms with Gasteiger partial charge in [0.05, 0.1) is 62.2 Å². The van der Waals surface area contributed by atoms with Gasteiger partial charge in [-0.05, 0) is 108 Å². The van der Waals surface area contributed by atoms with Crippen LogP contribution in [0.3, 0.4) is 0 Å². The normalized spacial score (nSPS) is 12.9. The minimum Gasteiger partial charge on any atom is -0.358 e. The zero-order valence-corrected chi connectivity index (χ0v) is 49.6. The van der Waals surface area contributed by atoms with Crippen LogP contribution in [0.15, 0.2) is 145 Å². The van der Waals surface area contributed by atoms with Crippen molar-refractivity contribution in [3.63, 3.8) is 0 Å². The van der Waals surface area contributed by atoms with E-state index >= 15 is 0 Å². The summed E-state index contributed by atoms with van der Waals surface area (Å²) in [5.41, 5.74) is 7.44. The second-order valence-corrected chi connectivity index (χ2v) is 19.2. The van der Waals surface area contributed by atoms with Gasteiger partial charge in [0.1, 0.15) is 48.3 Å². The SMILES string of the molecule is CC(C)n1cnnc1-c1cccc(-n2cnc3cc(-c4cccnc4)c(-n4cnc(C5CC5)c4)cc3c2=O)n1.CC(C)n1cnnc1-c1cccc(-n2cnc3cc(Cl)c(-n4cnc(C5CC5)c4)cc3c2=O)n1.[CH3-].[CH3-].[W].[W]. The standard InChI is InChI=1S/C29H25N9O.C24H21ClN8O.2CH3.2W/c1-18(2)37-17-33-35-28(37)23-6-3-7-27(34-23)38-16-32-24-11-21(20-5-4-10-30-13-20)26(12-22(24)29(38)39)36-14-25(31-15-36)19-8-9-19;1-14(2)32-13-28-30-23(32)18-4-3-5-22(29-18)33-12-27-19-9-17(25)21(8-16(19)24(33)34)31-10-20(26-11-31)15-6-7-15;;;;/h3-7,10-19H,8-9H2,1-2H3;3-5,8-15H,6-7H2,1-2H3;2*1H3;;/q;;2*-1;;. The molecule has 2 fully saturated rings. The quantitative estimate of drug-likeness (QED) is 0.111. The molecule has 0 spiro atoms. The number of rotatable bonds is 11. The Morgan fingerprint density at radius 3 is 1.55 bits per heavy atom. The van der Waals surface area contributed by atoms with Gasteiger partial charge in [0, 0.05) is 102 Å².